The number of piperidine rings is 1. The Labute approximate surface area is 142 Å². The molecule has 0 radical (unpaired) electrons. The first-order valence-electron chi connectivity index (χ1n) is 8.54. The number of hydrogen-bond donors (Lipinski definition) is 1. The van der Waals surface area contributed by atoms with Gasteiger partial charge in [0.15, 0.2) is 5.78 Å². The van der Waals surface area contributed by atoms with Gasteiger partial charge >= 0.3 is 0 Å². The highest BCUT2D eigenvalue weighted by Gasteiger charge is 2.22. The molecule has 3 rings (SSSR count). The number of Topliss-reactive ketones (excluding diaryl/α,β-unsaturated/α-hetero) is 1. The minimum atomic E-state index is 0.129. The molecule has 126 valence electrons. The van der Waals surface area contributed by atoms with Crippen LogP contribution in [0.15, 0.2) is 30.5 Å². The summed E-state index contributed by atoms with van der Waals surface area (Å²) >= 11 is 0. The second kappa shape index (κ2) is 7.61. The number of fused-ring (bicyclic) bond motifs is 1. The van der Waals surface area contributed by atoms with Crippen molar-refractivity contribution in [1.29, 1.82) is 5.26 Å². The number of para-hydroxylation sites is 1. The Bertz CT molecular complexity index is 752. The summed E-state index contributed by atoms with van der Waals surface area (Å²) in [6.45, 7) is 3.00. The summed E-state index contributed by atoms with van der Waals surface area (Å²) in [6, 6.07) is 10.0. The molecule has 0 spiro atoms. The number of aliphatic hydroxyl groups is 1. The van der Waals surface area contributed by atoms with Crippen LogP contribution in [-0.2, 0) is 6.54 Å². The average molecular weight is 325 g/mol. The number of ketones is 1. The Hall–Kier alpha value is -2.16. The van der Waals surface area contributed by atoms with Crippen LogP contribution < -0.4 is 0 Å². The topological polar surface area (TPSA) is 69.3 Å². The predicted octanol–water partition coefficient (Wildman–Crippen LogP) is 2.44. The van der Waals surface area contributed by atoms with Gasteiger partial charge in [0.1, 0.15) is 0 Å². The molecule has 2 aromatic rings. The average Bonchev–Trinajstić information content (AvgIpc) is 2.99. The zero-order valence-electron chi connectivity index (χ0n) is 13.8. The number of nitriles is 1. The van der Waals surface area contributed by atoms with Gasteiger partial charge < -0.3 is 9.67 Å². The number of rotatable bonds is 6. The lowest BCUT2D eigenvalue weighted by Crippen LogP contribution is -2.38. The standard InChI is InChI=1S/C19H23N3O2/c20-8-3-9-22-12-17(16-4-1-2-5-18(16)22)19(24)13-21-10-6-15(14-23)7-11-21/h1-2,4-5,12,15,23H,3,6-7,9-11,13-14H2. The third-order valence-electron chi connectivity index (χ3n) is 4.89. The van der Waals surface area contributed by atoms with Crippen molar-refractivity contribution in [1.82, 2.24) is 9.47 Å². The lowest BCUT2D eigenvalue weighted by atomic mass is 9.97. The minimum absolute atomic E-state index is 0.129. The van der Waals surface area contributed by atoms with E-state index in [1.54, 1.807) is 0 Å². The van der Waals surface area contributed by atoms with Crippen LogP contribution in [0.1, 0.15) is 29.6 Å². The molecule has 1 fully saturated rings. The van der Waals surface area contributed by atoms with Crippen molar-refractivity contribution in [2.24, 2.45) is 5.92 Å². The molecule has 0 amide bonds. The lowest BCUT2D eigenvalue weighted by Gasteiger charge is -2.30. The molecule has 0 saturated carbocycles. The van der Waals surface area contributed by atoms with Gasteiger partial charge in [0.2, 0.25) is 0 Å². The molecule has 5 heteroatoms. The van der Waals surface area contributed by atoms with Crippen LogP contribution in [0.4, 0.5) is 0 Å². The van der Waals surface area contributed by atoms with Crippen molar-refractivity contribution >= 4 is 16.7 Å². The molecule has 1 aromatic heterocycles. The van der Waals surface area contributed by atoms with Crippen LogP contribution in [0, 0.1) is 17.2 Å². The molecule has 0 aliphatic carbocycles. The summed E-state index contributed by atoms with van der Waals surface area (Å²) in [6.07, 6.45) is 4.23. The van der Waals surface area contributed by atoms with Gasteiger partial charge in [-0.05, 0) is 37.9 Å². The maximum absolute atomic E-state index is 12.8. The summed E-state index contributed by atoms with van der Waals surface area (Å²) in [7, 11) is 0. The highest BCUT2D eigenvalue weighted by molar-refractivity contribution is 6.09. The van der Waals surface area contributed by atoms with Crippen molar-refractivity contribution in [3.05, 3.63) is 36.0 Å². The minimum Gasteiger partial charge on any atom is -0.396 e. The van der Waals surface area contributed by atoms with Crippen molar-refractivity contribution in [3.8, 4) is 6.07 Å². The number of carbonyl (C=O) groups is 1. The summed E-state index contributed by atoms with van der Waals surface area (Å²) < 4.78 is 2.00. The summed E-state index contributed by atoms with van der Waals surface area (Å²) in [4.78, 5) is 15.0. The van der Waals surface area contributed by atoms with Gasteiger partial charge in [0.05, 0.1) is 19.0 Å². The highest BCUT2D eigenvalue weighted by Crippen LogP contribution is 2.23. The molecule has 5 nitrogen and oxygen atoms in total. The summed E-state index contributed by atoms with van der Waals surface area (Å²) in [5.41, 5.74) is 1.75. The first kappa shape index (κ1) is 16.7. The Morgan fingerprint density at radius 2 is 2.04 bits per heavy atom. The number of likely N-dealkylation sites (tertiary alicyclic amines) is 1. The van der Waals surface area contributed by atoms with E-state index in [9.17, 15) is 9.90 Å². The van der Waals surface area contributed by atoms with Crippen LogP contribution in [0.3, 0.4) is 0 Å². The molecule has 1 aliphatic heterocycles. The Morgan fingerprint density at radius 1 is 1.29 bits per heavy atom. The molecule has 24 heavy (non-hydrogen) atoms. The van der Waals surface area contributed by atoms with Crippen LogP contribution in [0.2, 0.25) is 0 Å². The fourth-order valence-corrected chi connectivity index (χ4v) is 3.44. The van der Waals surface area contributed by atoms with Gasteiger partial charge in [-0.1, -0.05) is 18.2 Å². The van der Waals surface area contributed by atoms with Crippen LogP contribution in [-0.4, -0.2) is 46.6 Å². The van der Waals surface area contributed by atoms with E-state index in [4.69, 9.17) is 5.26 Å². The normalized spacial score (nSPS) is 16.3. The SMILES string of the molecule is N#CCCn1cc(C(=O)CN2CCC(CO)CC2)c2ccccc21. The molecule has 0 unspecified atom stereocenters. The molecule has 1 saturated heterocycles. The van der Waals surface area contributed by atoms with Crippen molar-refractivity contribution in [2.45, 2.75) is 25.8 Å². The van der Waals surface area contributed by atoms with E-state index in [1.165, 1.54) is 0 Å². The van der Waals surface area contributed by atoms with Crippen molar-refractivity contribution < 1.29 is 9.90 Å². The van der Waals surface area contributed by atoms with E-state index in [1.807, 2.05) is 35.0 Å². The number of carbonyl (C=O) groups excluding carboxylic acids is 1. The lowest BCUT2D eigenvalue weighted by molar-refractivity contribution is 0.0865. The molecule has 1 aromatic carbocycles. The first-order chi connectivity index (χ1) is 11.7. The Kier molecular flexibility index (Phi) is 5.29. The van der Waals surface area contributed by atoms with Gasteiger partial charge in [-0.2, -0.15) is 5.26 Å². The molecular weight excluding hydrogens is 302 g/mol. The fourth-order valence-electron chi connectivity index (χ4n) is 3.44. The monoisotopic (exact) mass is 325 g/mol. The van der Waals surface area contributed by atoms with Gasteiger partial charge in [-0.25, -0.2) is 0 Å². The van der Waals surface area contributed by atoms with Crippen LogP contribution >= 0.6 is 0 Å². The van der Waals surface area contributed by atoms with Crippen LogP contribution in [0.5, 0.6) is 0 Å². The van der Waals surface area contributed by atoms with Gasteiger partial charge in [0, 0.05) is 35.8 Å². The Balaban J connectivity index is 1.76. The number of hydrogen-bond acceptors (Lipinski definition) is 4. The number of aliphatic hydroxyl groups excluding tert-OH is 1. The molecule has 1 N–H and O–H groups in total. The summed E-state index contributed by atoms with van der Waals surface area (Å²) in [5.74, 6) is 0.508. The highest BCUT2D eigenvalue weighted by atomic mass is 16.3. The second-order valence-electron chi connectivity index (χ2n) is 6.49. The third-order valence-corrected chi connectivity index (χ3v) is 4.89. The molecule has 0 atom stereocenters. The van der Waals surface area contributed by atoms with Gasteiger partial charge in [-0.3, -0.25) is 9.69 Å². The maximum Gasteiger partial charge on any atom is 0.178 e. The number of nitrogens with zero attached hydrogens (tertiary/aromatic N) is 3. The van der Waals surface area contributed by atoms with Crippen molar-refractivity contribution in [2.75, 3.05) is 26.2 Å². The molecular formula is C19H23N3O2. The zero-order valence-corrected chi connectivity index (χ0v) is 13.8. The molecule has 0 bridgehead atoms. The predicted molar refractivity (Wildman–Crippen MR) is 92.7 cm³/mol. The number of aromatic nitrogens is 1. The third kappa shape index (κ3) is 3.50. The van der Waals surface area contributed by atoms with Crippen molar-refractivity contribution in [3.63, 3.8) is 0 Å². The maximum atomic E-state index is 12.8. The largest absolute Gasteiger partial charge is 0.396 e. The smallest absolute Gasteiger partial charge is 0.178 e. The molecule has 1 aliphatic rings. The van der Waals surface area contributed by atoms with Gasteiger partial charge in [0.25, 0.3) is 0 Å². The van der Waals surface area contributed by atoms with E-state index in [-0.39, 0.29) is 12.4 Å². The van der Waals surface area contributed by atoms with E-state index < -0.39 is 0 Å². The zero-order chi connectivity index (χ0) is 16.9. The Morgan fingerprint density at radius 3 is 2.75 bits per heavy atom. The van der Waals surface area contributed by atoms with E-state index in [2.05, 4.69) is 11.0 Å². The second-order valence-corrected chi connectivity index (χ2v) is 6.49. The number of aryl methyl sites for hydroxylation is 1. The first-order valence-corrected chi connectivity index (χ1v) is 8.54. The summed E-state index contributed by atoms with van der Waals surface area (Å²) in [5, 5.41) is 19.0. The van der Waals surface area contributed by atoms with E-state index in [0.717, 1.165) is 42.4 Å². The van der Waals surface area contributed by atoms with Crippen LogP contribution in [0.25, 0.3) is 10.9 Å². The number of benzene rings is 1. The molecule has 2 heterocycles. The quantitative estimate of drug-likeness (QED) is 0.828. The van der Waals surface area contributed by atoms with Gasteiger partial charge in [-0.15, -0.1) is 0 Å². The fraction of sp³-hybridized carbons (Fsp3) is 0.474. The van der Waals surface area contributed by atoms with E-state index >= 15 is 0 Å². The van der Waals surface area contributed by atoms with E-state index in [0.29, 0.717) is 25.4 Å².